The number of fused-ring (bicyclic) bond motifs is 1. The van der Waals surface area contributed by atoms with Gasteiger partial charge in [0.25, 0.3) is 0 Å². The molecule has 134 valence electrons. The Morgan fingerprint density at radius 2 is 1.87 bits per heavy atom. The SMILES string of the molecule is CCC1(C)CCN(C(=O)C2(N)C3CCCOC3C2(C)C)CC1.Cl. The van der Waals surface area contributed by atoms with Crippen LogP contribution in [0.15, 0.2) is 0 Å². The molecule has 5 heteroatoms. The number of piperidine rings is 1. The van der Waals surface area contributed by atoms with Crippen molar-refractivity contribution in [1.29, 1.82) is 0 Å². The molecule has 3 unspecified atom stereocenters. The van der Waals surface area contributed by atoms with E-state index in [0.717, 1.165) is 45.4 Å². The van der Waals surface area contributed by atoms with Gasteiger partial charge in [-0.15, -0.1) is 12.4 Å². The van der Waals surface area contributed by atoms with Crippen LogP contribution >= 0.6 is 12.4 Å². The first-order chi connectivity index (χ1) is 10.3. The Morgan fingerprint density at radius 1 is 1.26 bits per heavy atom. The maximum Gasteiger partial charge on any atom is 0.243 e. The van der Waals surface area contributed by atoms with E-state index in [1.807, 2.05) is 4.90 Å². The summed E-state index contributed by atoms with van der Waals surface area (Å²) in [6.07, 6.45) is 5.58. The molecule has 4 nitrogen and oxygen atoms in total. The second-order valence-corrected chi connectivity index (χ2v) is 8.59. The van der Waals surface area contributed by atoms with E-state index >= 15 is 0 Å². The van der Waals surface area contributed by atoms with Crippen LogP contribution in [0.3, 0.4) is 0 Å². The van der Waals surface area contributed by atoms with Crippen molar-refractivity contribution >= 4 is 18.3 Å². The number of halogens is 1. The number of nitrogens with two attached hydrogens (primary N) is 1. The van der Waals surface area contributed by atoms with E-state index in [1.165, 1.54) is 6.42 Å². The zero-order valence-corrected chi connectivity index (χ0v) is 15.9. The second kappa shape index (κ2) is 6.20. The lowest BCUT2D eigenvalue weighted by Gasteiger charge is -2.66. The van der Waals surface area contributed by atoms with Crippen LogP contribution in [0.5, 0.6) is 0 Å². The van der Waals surface area contributed by atoms with Crippen molar-refractivity contribution < 1.29 is 9.53 Å². The molecule has 0 aromatic carbocycles. The number of ether oxygens (including phenoxy) is 1. The Labute approximate surface area is 146 Å². The molecule has 2 aliphatic heterocycles. The molecule has 1 aliphatic carbocycles. The zero-order chi connectivity index (χ0) is 16.2. The smallest absolute Gasteiger partial charge is 0.243 e. The number of amides is 1. The lowest BCUT2D eigenvalue weighted by Crippen LogP contribution is -2.82. The molecule has 3 rings (SSSR count). The number of nitrogens with zero attached hydrogens (tertiary/aromatic N) is 1. The van der Waals surface area contributed by atoms with E-state index < -0.39 is 5.54 Å². The van der Waals surface area contributed by atoms with Gasteiger partial charge in [-0.3, -0.25) is 4.79 Å². The fourth-order valence-corrected chi connectivity index (χ4v) is 4.87. The minimum absolute atomic E-state index is 0. The summed E-state index contributed by atoms with van der Waals surface area (Å²) in [4.78, 5) is 15.2. The maximum atomic E-state index is 13.2. The maximum absolute atomic E-state index is 13.2. The van der Waals surface area contributed by atoms with Crippen molar-refractivity contribution in [3.8, 4) is 0 Å². The Balaban J connectivity index is 0.00000192. The van der Waals surface area contributed by atoms with E-state index in [9.17, 15) is 4.79 Å². The molecule has 0 aromatic heterocycles. The summed E-state index contributed by atoms with van der Waals surface area (Å²) >= 11 is 0. The summed E-state index contributed by atoms with van der Waals surface area (Å²) in [5.41, 5.74) is 6.13. The lowest BCUT2D eigenvalue weighted by atomic mass is 9.46. The average Bonchev–Trinajstić information content (AvgIpc) is 2.54. The number of rotatable bonds is 2. The minimum atomic E-state index is -0.738. The number of likely N-dealkylation sites (tertiary alicyclic amines) is 1. The monoisotopic (exact) mass is 344 g/mol. The van der Waals surface area contributed by atoms with E-state index in [-0.39, 0.29) is 35.8 Å². The highest BCUT2D eigenvalue weighted by Gasteiger charge is 2.70. The van der Waals surface area contributed by atoms with Gasteiger partial charge in [0, 0.05) is 31.0 Å². The highest BCUT2D eigenvalue weighted by atomic mass is 35.5. The van der Waals surface area contributed by atoms with Gasteiger partial charge in [0.05, 0.1) is 6.10 Å². The van der Waals surface area contributed by atoms with Gasteiger partial charge in [-0.05, 0) is 31.1 Å². The summed E-state index contributed by atoms with van der Waals surface area (Å²) < 4.78 is 5.92. The normalized spacial score (nSPS) is 38.0. The molecule has 3 atom stereocenters. The summed E-state index contributed by atoms with van der Waals surface area (Å²) in [5, 5.41) is 0. The standard InChI is InChI=1S/C18H32N2O2.ClH/c1-5-17(4)8-10-20(11-9-17)15(21)18(19)13-7-6-12-22-14(13)16(18,2)3;/h13-14H,5-12,19H2,1-4H3;1H. The Kier molecular flexibility index (Phi) is 5.12. The molecule has 0 aromatic rings. The number of carbonyl (C=O) groups excluding carboxylic acids is 1. The first-order valence-corrected chi connectivity index (χ1v) is 8.96. The fraction of sp³-hybridized carbons (Fsp3) is 0.944. The quantitative estimate of drug-likeness (QED) is 0.837. The highest BCUT2D eigenvalue weighted by Crippen LogP contribution is 2.58. The summed E-state index contributed by atoms with van der Waals surface area (Å²) in [7, 11) is 0. The van der Waals surface area contributed by atoms with Crippen molar-refractivity contribution in [2.75, 3.05) is 19.7 Å². The molecular formula is C18H33ClN2O2. The molecule has 0 spiro atoms. The van der Waals surface area contributed by atoms with Gasteiger partial charge < -0.3 is 15.4 Å². The Hall–Kier alpha value is -0.320. The van der Waals surface area contributed by atoms with Crippen molar-refractivity contribution in [2.45, 2.75) is 71.4 Å². The molecule has 3 aliphatic rings. The molecular weight excluding hydrogens is 312 g/mol. The predicted octanol–water partition coefficient (Wildman–Crippen LogP) is 2.98. The summed E-state index contributed by atoms with van der Waals surface area (Å²) in [6.45, 7) is 11.3. The number of hydrogen-bond acceptors (Lipinski definition) is 3. The van der Waals surface area contributed by atoms with Crippen LogP contribution in [-0.4, -0.2) is 42.1 Å². The largest absolute Gasteiger partial charge is 0.377 e. The van der Waals surface area contributed by atoms with Crippen LogP contribution in [0.25, 0.3) is 0 Å². The molecule has 23 heavy (non-hydrogen) atoms. The number of hydrogen-bond donors (Lipinski definition) is 1. The van der Waals surface area contributed by atoms with Crippen molar-refractivity contribution in [3.05, 3.63) is 0 Å². The molecule has 0 radical (unpaired) electrons. The Morgan fingerprint density at radius 3 is 2.43 bits per heavy atom. The van der Waals surface area contributed by atoms with Crippen molar-refractivity contribution in [1.82, 2.24) is 4.90 Å². The van der Waals surface area contributed by atoms with Gasteiger partial charge >= 0.3 is 0 Å². The van der Waals surface area contributed by atoms with Gasteiger partial charge in [-0.25, -0.2) is 0 Å². The van der Waals surface area contributed by atoms with E-state index in [1.54, 1.807) is 0 Å². The Bertz CT molecular complexity index is 460. The third kappa shape index (κ3) is 2.61. The minimum Gasteiger partial charge on any atom is -0.377 e. The first kappa shape index (κ1) is 19.0. The third-order valence-electron chi connectivity index (χ3n) is 7.15. The molecule has 2 heterocycles. The second-order valence-electron chi connectivity index (χ2n) is 8.59. The van der Waals surface area contributed by atoms with E-state index in [2.05, 4.69) is 27.7 Å². The van der Waals surface area contributed by atoms with Crippen molar-refractivity contribution in [2.24, 2.45) is 22.5 Å². The molecule has 1 saturated carbocycles. The summed E-state index contributed by atoms with van der Waals surface area (Å²) in [5.74, 6) is 0.366. The van der Waals surface area contributed by atoms with Gasteiger partial charge in [0.1, 0.15) is 5.54 Å². The molecule has 2 saturated heterocycles. The van der Waals surface area contributed by atoms with Crippen LogP contribution in [0.2, 0.25) is 0 Å². The molecule has 3 fully saturated rings. The topological polar surface area (TPSA) is 55.6 Å². The van der Waals surface area contributed by atoms with Crippen LogP contribution in [-0.2, 0) is 9.53 Å². The van der Waals surface area contributed by atoms with Crippen LogP contribution < -0.4 is 5.73 Å². The van der Waals surface area contributed by atoms with Crippen LogP contribution in [0.1, 0.15) is 59.8 Å². The molecule has 0 bridgehead atoms. The molecule has 1 amide bonds. The number of carbonyl (C=O) groups is 1. The van der Waals surface area contributed by atoms with Gasteiger partial charge in [0.2, 0.25) is 5.91 Å². The predicted molar refractivity (Wildman–Crippen MR) is 94.6 cm³/mol. The van der Waals surface area contributed by atoms with E-state index in [0.29, 0.717) is 5.41 Å². The summed E-state index contributed by atoms with van der Waals surface area (Å²) in [6, 6.07) is 0. The lowest BCUT2D eigenvalue weighted by molar-refractivity contribution is -0.230. The highest BCUT2D eigenvalue weighted by molar-refractivity contribution is 5.89. The zero-order valence-electron chi connectivity index (χ0n) is 15.1. The van der Waals surface area contributed by atoms with Crippen LogP contribution in [0, 0.1) is 16.7 Å². The van der Waals surface area contributed by atoms with Crippen LogP contribution in [0.4, 0.5) is 0 Å². The average molecular weight is 345 g/mol. The van der Waals surface area contributed by atoms with Crippen molar-refractivity contribution in [3.63, 3.8) is 0 Å². The van der Waals surface area contributed by atoms with Gasteiger partial charge in [-0.1, -0.05) is 34.1 Å². The third-order valence-corrected chi connectivity index (χ3v) is 7.15. The van der Waals surface area contributed by atoms with E-state index in [4.69, 9.17) is 10.5 Å². The first-order valence-electron chi connectivity index (χ1n) is 8.96. The fourth-order valence-electron chi connectivity index (χ4n) is 4.87. The van der Waals surface area contributed by atoms with Gasteiger partial charge in [-0.2, -0.15) is 0 Å². The molecule has 2 N–H and O–H groups in total. The van der Waals surface area contributed by atoms with Gasteiger partial charge in [0.15, 0.2) is 0 Å².